The van der Waals surface area contributed by atoms with E-state index in [4.69, 9.17) is 18.9 Å². The number of ether oxygens (including phenoxy) is 4. The van der Waals surface area contributed by atoms with Gasteiger partial charge in [0, 0.05) is 61.4 Å². The van der Waals surface area contributed by atoms with Crippen molar-refractivity contribution in [2.75, 3.05) is 53.1 Å². The molecule has 11 nitrogen and oxygen atoms in total. The first-order valence-electron chi connectivity index (χ1n) is 17.1. The number of benzene rings is 2. The maximum absolute atomic E-state index is 13.9. The number of hydrogen-bond acceptors (Lipinski definition) is 8. The Morgan fingerprint density at radius 3 is 2.66 bits per heavy atom. The predicted octanol–water partition coefficient (Wildman–Crippen LogP) is 3.77. The van der Waals surface area contributed by atoms with Crippen LogP contribution in [-0.2, 0) is 20.9 Å². The maximum Gasteiger partial charge on any atom is 0.251 e. The molecule has 4 aliphatic rings. The van der Waals surface area contributed by atoms with Crippen LogP contribution >= 0.6 is 0 Å². The lowest BCUT2D eigenvalue weighted by Crippen LogP contribution is -2.55. The van der Waals surface area contributed by atoms with Gasteiger partial charge in [0.2, 0.25) is 11.8 Å². The normalized spacial score (nSPS) is 24.3. The average molecular weight is 649 g/mol. The van der Waals surface area contributed by atoms with Crippen molar-refractivity contribution < 1.29 is 33.3 Å². The van der Waals surface area contributed by atoms with Crippen molar-refractivity contribution in [3.05, 3.63) is 41.5 Å². The fraction of sp³-hybridized carbons (Fsp3) is 0.583. The fourth-order valence-electron chi connectivity index (χ4n) is 7.18. The summed E-state index contributed by atoms with van der Waals surface area (Å²) in [5, 5.41) is 6.08. The number of rotatable bonds is 3. The monoisotopic (exact) mass is 648 g/mol. The Balaban J connectivity index is 1.26. The molecule has 11 heteroatoms. The van der Waals surface area contributed by atoms with Gasteiger partial charge in [-0.25, -0.2) is 0 Å². The third kappa shape index (κ3) is 7.67. The summed E-state index contributed by atoms with van der Waals surface area (Å²) in [7, 11) is 1.64. The van der Waals surface area contributed by atoms with Crippen LogP contribution in [0.15, 0.2) is 30.3 Å². The summed E-state index contributed by atoms with van der Waals surface area (Å²) in [6.07, 6.45) is 4.10. The van der Waals surface area contributed by atoms with Crippen molar-refractivity contribution in [1.82, 2.24) is 20.4 Å². The van der Waals surface area contributed by atoms with E-state index in [9.17, 15) is 14.4 Å². The van der Waals surface area contributed by atoms with Gasteiger partial charge in [0.15, 0.2) is 11.5 Å². The molecular formula is C36H48N4O7. The molecule has 2 fully saturated rings. The lowest BCUT2D eigenvalue weighted by molar-refractivity contribution is -0.146. The molecule has 4 bridgehead atoms. The Kier molecular flexibility index (Phi) is 10.5. The van der Waals surface area contributed by atoms with Crippen LogP contribution in [0, 0.1) is 5.92 Å². The van der Waals surface area contributed by atoms with E-state index < -0.39 is 0 Å². The van der Waals surface area contributed by atoms with Crippen LogP contribution < -0.4 is 24.8 Å². The van der Waals surface area contributed by atoms with E-state index >= 15 is 0 Å². The Hall–Kier alpha value is -3.83. The summed E-state index contributed by atoms with van der Waals surface area (Å²) in [5.41, 5.74) is 3.27. The van der Waals surface area contributed by atoms with Crippen molar-refractivity contribution in [2.45, 2.75) is 77.1 Å². The van der Waals surface area contributed by atoms with Crippen molar-refractivity contribution >= 4 is 17.7 Å². The molecule has 3 aliphatic heterocycles. The number of carbonyl (C=O) groups is 3. The second-order valence-corrected chi connectivity index (χ2v) is 13.3. The highest BCUT2D eigenvalue weighted by Gasteiger charge is 2.39. The highest BCUT2D eigenvalue weighted by molar-refractivity contribution is 5.96. The summed E-state index contributed by atoms with van der Waals surface area (Å²) in [5.74, 6) is 1.81. The Morgan fingerprint density at radius 2 is 1.83 bits per heavy atom. The summed E-state index contributed by atoms with van der Waals surface area (Å²) in [4.78, 5) is 43.3. The molecule has 3 heterocycles. The number of carbonyl (C=O) groups excluding carboxylic acids is 3. The molecule has 1 saturated carbocycles. The van der Waals surface area contributed by atoms with Gasteiger partial charge in [-0.3, -0.25) is 19.3 Å². The molecule has 3 amide bonds. The fourth-order valence-corrected chi connectivity index (χ4v) is 7.18. The summed E-state index contributed by atoms with van der Waals surface area (Å²) in [6, 6.07) is 9.92. The van der Waals surface area contributed by atoms with Gasteiger partial charge in [-0.15, -0.1) is 0 Å². The Morgan fingerprint density at radius 1 is 0.979 bits per heavy atom. The quantitative estimate of drug-likeness (QED) is 0.517. The second-order valence-electron chi connectivity index (χ2n) is 13.3. The average Bonchev–Trinajstić information content (AvgIpc) is 3.30. The van der Waals surface area contributed by atoms with E-state index in [1.807, 2.05) is 23.1 Å². The summed E-state index contributed by atoms with van der Waals surface area (Å²) in [6.45, 7) is 8.57. The van der Waals surface area contributed by atoms with Crippen LogP contribution in [0.3, 0.4) is 0 Å². The minimum atomic E-state index is -0.150. The smallest absolute Gasteiger partial charge is 0.251 e. The van der Waals surface area contributed by atoms with E-state index in [2.05, 4.69) is 35.4 Å². The standard InChI is InChI=1S/C36H48N4O7/c1-23(2)40-14-16-46-34-27(21-40)17-26-20-32(34)45-15-6-13-39(36(43)25-7-9-29-31(19-25)47-22-33(41)38-29)12-5-4-11-37-35(42)24-8-10-30(44-3)28(26)18-24/h8,10,17-18,20,23,25,29,31H,4-7,9,11-16,19,21-22H2,1-3H3,(H,37,42)(H,38,41)/t25-,29-,31-/m0/s1. The van der Waals surface area contributed by atoms with Gasteiger partial charge in [-0.1, -0.05) is 0 Å². The zero-order chi connectivity index (χ0) is 32.9. The summed E-state index contributed by atoms with van der Waals surface area (Å²) >= 11 is 0. The number of methoxy groups -OCH3 is 1. The highest BCUT2D eigenvalue weighted by atomic mass is 16.5. The molecule has 1 saturated heterocycles. The van der Waals surface area contributed by atoms with Gasteiger partial charge >= 0.3 is 0 Å². The van der Waals surface area contributed by atoms with Crippen LogP contribution in [0.2, 0.25) is 0 Å². The first-order valence-corrected chi connectivity index (χ1v) is 17.1. The van der Waals surface area contributed by atoms with Gasteiger partial charge in [-0.05, 0) is 88.3 Å². The molecule has 254 valence electrons. The number of hydrogen-bond donors (Lipinski definition) is 2. The number of nitrogens with one attached hydrogen (secondary N) is 2. The van der Waals surface area contributed by atoms with Crippen molar-refractivity contribution in [2.24, 2.45) is 5.92 Å². The SMILES string of the molecule is COc1ccc2cc1-c1cc3c(c(c1)OCCCN(C(=O)[C@H]1CC[C@@H]4NC(=O)CO[C@H]4C1)CCCCNC2=O)OCCN(C(C)C)C3. The number of morpholine rings is 1. The molecule has 0 radical (unpaired) electrons. The van der Waals surface area contributed by atoms with Gasteiger partial charge in [0.25, 0.3) is 5.91 Å². The van der Waals surface area contributed by atoms with Gasteiger partial charge in [-0.2, -0.15) is 0 Å². The lowest BCUT2D eigenvalue weighted by atomic mass is 9.82. The first-order chi connectivity index (χ1) is 22.8. The summed E-state index contributed by atoms with van der Waals surface area (Å²) < 4.78 is 24.3. The predicted molar refractivity (Wildman–Crippen MR) is 177 cm³/mol. The van der Waals surface area contributed by atoms with Crippen molar-refractivity contribution in [3.63, 3.8) is 0 Å². The number of nitrogens with zero attached hydrogens (tertiary/aromatic N) is 2. The first kappa shape index (κ1) is 33.1. The third-order valence-corrected chi connectivity index (χ3v) is 9.83. The van der Waals surface area contributed by atoms with E-state index in [-0.39, 0.29) is 42.4 Å². The second kappa shape index (κ2) is 14.9. The molecule has 2 N–H and O–H groups in total. The van der Waals surface area contributed by atoms with E-state index in [0.717, 1.165) is 54.7 Å². The number of amides is 3. The topological polar surface area (TPSA) is 119 Å². The van der Waals surface area contributed by atoms with Gasteiger partial charge < -0.3 is 34.5 Å². The van der Waals surface area contributed by atoms with E-state index in [1.54, 1.807) is 13.2 Å². The molecule has 47 heavy (non-hydrogen) atoms. The van der Waals surface area contributed by atoms with E-state index in [1.165, 1.54) is 0 Å². The van der Waals surface area contributed by atoms with Crippen molar-refractivity contribution in [3.8, 4) is 28.4 Å². The molecule has 0 spiro atoms. The van der Waals surface area contributed by atoms with E-state index in [0.29, 0.717) is 75.3 Å². The van der Waals surface area contributed by atoms with Crippen LogP contribution in [0.25, 0.3) is 11.1 Å². The van der Waals surface area contributed by atoms with Crippen LogP contribution in [0.4, 0.5) is 0 Å². The molecule has 1 aliphatic carbocycles. The maximum atomic E-state index is 13.9. The minimum Gasteiger partial charge on any atom is -0.496 e. The zero-order valence-corrected chi connectivity index (χ0v) is 27.8. The lowest BCUT2D eigenvalue weighted by Gasteiger charge is -2.40. The molecule has 2 aromatic carbocycles. The molecule has 0 aromatic heterocycles. The molecule has 3 atom stereocenters. The van der Waals surface area contributed by atoms with Crippen LogP contribution in [0.1, 0.15) is 68.3 Å². The molecular weight excluding hydrogens is 600 g/mol. The zero-order valence-electron chi connectivity index (χ0n) is 27.8. The minimum absolute atomic E-state index is 0.0192. The molecule has 2 aromatic rings. The largest absolute Gasteiger partial charge is 0.496 e. The Labute approximate surface area is 277 Å². The van der Waals surface area contributed by atoms with Crippen LogP contribution in [-0.4, -0.2) is 98.8 Å². The third-order valence-electron chi connectivity index (χ3n) is 9.83. The van der Waals surface area contributed by atoms with Crippen LogP contribution in [0.5, 0.6) is 17.2 Å². The van der Waals surface area contributed by atoms with Gasteiger partial charge in [0.1, 0.15) is 19.0 Å². The van der Waals surface area contributed by atoms with Crippen molar-refractivity contribution in [1.29, 1.82) is 0 Å². The highest BCUT2D eigenvalue weighted by Crippen LogP contribution is 2.41. The molecule has 0 unspecified atom stereocenters. The molecule has 6 rings (SSSR count). The van der Waals surface area contributed by atoms with Gasteiger partial charge in [0.05, 0.1) is 25.9 Å². The Bertz CT molecular complexity index is 1460. The number of fused-ring (bicyclic) bond motifs is 8.